The minimum Gasteiger partial charge on any atom is -0.481 e. The van der Waals surface area contributed by atoms with Gasteiger partial charge in [0.2, 0.25) is 5.95 Å². The number of hydrogen-bond donors (Lipinski definition) is 2. The Morgan fingerprint density at radius 1 is 1.00 bits per heavy atom. The molecular weight excluding hydrogens is 390 g/mol. The van der Waals surface area contributed by atoms with E-state index in [1.54, 1.807) is 6.92 Å². The first-order chi connectivity index (χ1) is 15.1. The SMILES string of the molecule is Cc1cc(Nc2ccc(NC(=O)C(C)Oc3ccccc3)cc2)nc(N2CCCC2)n1. The number of hydrogen-bond acceptors (Lipinski definition) is 6. The molecule has 1 amide bonds. The molecule has 1 aliphatic rings. The molecule has 0 radical (unpaired) electrons. The van der Waals surface area contributed by atoms with Gasteiger partial charge in [-0.05, 0) is 63.1 Å². The number of aryl methyl sites for hydroxylation is 1. The van der Waals surface area contributed by atoms with Crippen LogP contribution in [0.3, 0.4) is 0 Å². The summed E-state index contributed by atoms with van der Waals surface area (Å²) in [4.78, 5) is 23.9. The first kappa shape index (κ1) is 20.7. The summed E-state index contributed by atoms with van der Waals surface area (Å²) in [5, 5.41) is 6.21. The largest absolute Gasteiger partial charge is 0.481 e. The molecule has 1 atom stereocenters. The number of ether oxygens (including phenoxy) is 1. The summed E-state index contributed by atoms with van der Waals surface area (Å²) in [5.41, 5.74) is 2.52. The number of nitrogens with one attached hydrogen (secondary N) is 2. The standard InChI is InChI=1S/C24H27N5O2/c1-17-16-22(28-24(25-17)29-14-6-7-15-29)26-19-10-12-20(13-11-19)27-23(30)18(2)31-21-8-4-3-5-9-21/h3-5,8-13,16,18H,6-7,14-15H2,1-2H3,(H,27,30)(H,25,26,28). The van der Waals surface area contributed by atoms with E-state index < -0.39 is 6.10 Å². The molecule has 0 aliphatic carbocycles. The highest BCUT2D eigenvalue weighted by molar-refractivity contribution is 5.94. The fourth-order valence-corrected chi connectivity index (χ4v) is 3.46. The molecule has 1 unspecified atom stereocenters. The lowest BCUT2D eigenvalue weighted by atomic mass is 10.2. The fourth-order valence-electron chi connectivity index (χ4n) is 3.46. The predicted octanol–water partition coefficient (Wildman–Crippen LogP) is 4.53. The predicted molar refractivity (Wildman–Crippen MR) is 123 cm³/mol. The Morgan fingerprint density at radius 2 is 1.68 bits per heavy atom. The van der Waals surface area contributed by atoms with Gasteiger partial charge in [0.1, 0.15) is 11.6 Å². The lowest BCUT2D eigenvalue weighted by Crippen LogP contribution is -2.30. The highest BCUT2D eigenvalue weighted by Gasteiger charge is 2.17. The van der Waals surface area contributed by atoms with Gasteiger partial charge in [-0.1, -0.05) is 18.2 Å². The van der Waals surface area contributed by atoms with Crippen molar-refractivity contribution in [1.82, 2.24) is 9.97 Å². The molecule has 1 fully saturated rings. The van der Waals surface area contributed by atoms with Gasteiger partial charge in [-0.3, -0.25) is 4.79 Å². The van der Waals surface area contributed by atoms with E-state index in [0.717, 1.165) is 36.2 Å². The van der Waals surface area contributed by atoms with Crippen LogP contribution in [0.25, 0.3) is 0 Å². The maximum absolute atomic E-state index is 12.4. The number of nitrogens with zero attached hydrogens (tertiary/aromatic N) is 3. The van der Waals surface area contributed by atoms with Crippen molar-refractivity contribution >= 4 is 29.0 Å². The Labute approximate surface area is 182 Å². The third-order valence-electron chi connectivity index (χ3n) is 5.08. The van der Waals surface area contributed by atoms with Crippen molar-refractivity contribution in [2.24, 2.45) is 0 Å². The van der Waals surface area contributed by atoms with Crippen LogP contribution in [0.15, 0.2) is 60.7 Å². The molecule has 4 rings (SSSR count). The Bertz CT molecular complexity index is 1020. The number of amides is 1. The number of benzene rings is 2. The smallest absolute Gasteiger partial charge is 0.265 e. The molecule has 1 saturated heterocycles. The molecule has 7 nitrogen and oxygen atoms in total. The van der Waals surface area contributed by atoms with Gasteiger partial charge in [-0.25, -0.2) is 4.98 Å². The second-order valence-electron chi connectivity index (χ2n) is 7.65. The first-order valence-electron chi connectivity index (χ1n) is 10.6. The third-order valence-corrected chi connectivity index (χ3v) is 5.08. The topological polar surface area (TPSA) is 79.4 Å². The summed E-state index contributed by atoms with van der Waals surface area (Å²) in [7, 11) is 0. The summed E-state index contributed by atoms with van der Waals surface area (Å²) < 4.78 is 5.67. The van der Waals surface area contributed by atoms with Crippen LogP contribution in [0.1, 0.15) is 25.5 Å². The van der Waals surface area contributed by atoms with Crippen LogP contribution in [0, 0.1) is 6.92 Å². The Hall–Kier alpha value is -3.61. The molecule has 1 aliphatic heterocycles. The molecule has 7 heteroatoms. The maximum Gasteiger partial charge on any atom is 0.265 e. The van der Waals surface area contributed by atoms with E-state index in [1.165, 1.54) is 12.8 Å². The van der Waals surface area contributed by atoms with Crippen molar-refractivity contribution in [1.29, 1.82) is 0 Å². The summed E-state index contributed by atoms with van der Waals surface area (Å²) in [5.74, 6) is 2.00. The molecule has 1 aromatic heterocycles. The van der Waals surface area contributed by atoms with E-state index in [4.69, 9.17) is 4.74 Å². The summed E-state index contributed by atoms with van der Waals surface area (Å²) in [6.45, 7) is 5.71. The van der Waals surface area contributed by atoms with E-state index >= 15 is 0 Å². The molecule has 0 spiro atoms. The van der Waals surface area contributed by atoms with Crippen LogP contribution in [0.2, 0.25) is 0 Å². The maximum atomic E-state index is 12.4. The molecule has 3 aromatic rings. The van der Waals surface area contributed by atoms with E-state index in [0.29, 0.717) is 11.4 Å². The van der Waals surface area contributed by atoms with Crippen LogP contribution in [0.5, 0.6) is 5.75 Å². The second kappa shape index (κ2) is 9.47. The molecule has 160 valence electrons. The number of rotatable bonds is 7. The van der Waals surface area contributed by atoms with Gasteiger partial charge in [-0.15, -0.1) is 0 Å². The zero-order chi connectivity index (χ0) is 21.6. The Morgan fingerprint density at radius 3 is 2.39 bits per heavy atom. The van der Waals surface area contributed by atoms with E-state index in [2.05, 4.69) is 25.5 Å². The molecule has 2 N–H and O–H groups in total. The van der Waals surface area contributed by atoms with Crippen molar-refractivity contribution in [2.45, 2.75) is 32.8 Å². The number of carbonyl (C=O) groups excluding carboxylic acids is 1. The second-order valence-corrected chi connectivity index (χ2v) is 7.65. The summed E-state index contributed by atoms with van der Waals surface area (Å²) in [6.07, 6.45) is 1.76. The minimum atomic E-state index is -0.604. The molecule has 0 saturated carbocycles. The van der Waals surface area contributed by atoms with Gasteiger partial charge in [0.25, 0.3) is 5.91 Å². The summed E-state index contributed by atoms with van der Waals surface area (Å²) >= 11 is 0. The average Bonchev–Trinajstić information content (AvgIpc) is 3.30. The van der Waals surface area contributed by atoms with Gasteiger partial charge in [0.15, 0.2) is 6.10 Å². The Balaban J connectivity index is 1.36. The average molecular weight is 418 g/mol. The van der Waals surface area contributed by atoms with Crippen LogP contribution < -0.4 is 20.3 Å². The van der Waals surface area contributed by atoms with Gasteiger partial charge >= 0.3 is 0 Å². The lowest BCUT2D eigenvalue weighted by Gasteiger charge is -2.17. The highest BCUT2D eigenvalue weighted by Crippen LogP contribution is 2.22. The highest BCUT2D eigenvalue weighted by atomic mass is 16.5. The van der Waals surface area contributed by atoms with Gasteiger partial charge < -0.3 is 20.3 Å². The fraction of sp³-hybridized carbons (Fsp3) is 0.292. The van der Waals surface area contributed by atoms with Crippen LogP contribution in [-0.2, 0) is 4.79 Å². The van der Waals surface area contributed by atoms with E-state index in [9.17, 15) is 4.79 Å². The number of carbonyl (C=O) groups is 1. The third kappa shape index (κ3) is 5.51. The van der Waals surface area contributed by atoms with E-state index in [-0.39, 0.29) is 5.91 Å². The van der Waals surface area contributed by atoms with Crippen LogP contribution >= 0.6 is 0 Å². The number of anilines is 4. The van der Waals surface area contributed by atoms with Gasteiger partial charge in [-0.2, -0.15) is 4.98 Å². The molecule has 2 aromatic carbocycles. The van der Waals surface area contributed by atoms with Crippen molar-refractivity contribution < 1.29 is 9.53 Å². The van der Waals surface area contributed by atoms with E-state index in [1.807, 2.05) is 67.6 Å². The molecule has 2 heterocycles. The minimum absolute atomic E-state index is 0.203. The number of aromatic nitrogens is 2. The quantitative estimate of drug-likeness (QED) is 0.588. The summed E-state index contributed by atoms with van der Waals surface area (Å²) in [6, 6.07) is 18.8. The molecule has 31 heavy (non-hydrogen) atoms. The van der Waals surface area contributed by atoms with Crippen molar-refractivity contribution in [3.8, 4) is 5.75 Å². The normalized spacial score (nSPS) is 14.2. The van der Waals surface area contributed by atoms with Crippen molar-refractivity contribution in [3.63, 3.8) is 0 Å². The lowest BCUT2D eigenvalue weighted by molar-refractivity contribution is -0.122. The van der Waals surface area contributed by atoms with Crippen molar-refractivity contribution in [3.05, 3.63) is 66.4 Å². The monoisotopic (exact) mass is 417 g/mol. The zero-order valence-electron chi connectivity index (χ0n) is 17.8. The van der Waals surface area contributed by atoms with Gasteiger partial charge in [0, 0.05) is 36.2 Å². The Kier molecular flexibility index (Phi) is 6.31. The molecule has 0 bridgehead atoms. The molecular formula is C24H27N5O2. The first-order valence-corrected chi connectivity index (χ1v) is 10.6. The van der Waals surface area contributed by atoms with Crippen molar-refractivity contribution in [2.75, 3.05) is 28.6 Å². The number of para-hydroxylation sites is 1. The zero-order valence-corrected chi connectivity index (χ0v) is 17.8. The van der Waals surface area contributed by atoms with Crippen LogP contribution in [0.4, 0.5) is 23.1 Å². The van der Waals surface area contributed by atoms with Gasteiger partial charge in [0.05, 0.1) is 0 Å². The van der Waals surface area contributed by atoms with Crippen LogP contribution in [-0.4, -0.2) is 35.1 Å².